The molecule has 0 aliphatic carbocycles. The van der Waals surface area contributed by atoms with Crippen LogP contribution >= 0.6 is 15.9 Å². The van der Waals surface area contributed by atoms with Gasteiger partial charge in [-0.05, 0) is 52.7 Å². The van der Waals surface area contributed by atoms with Crippen molar-refractivity contribution in [2.45, 2.75) is 6.92 Å². The summed E-state index contributed by atoms with van der Waals surface area (Å²) in [6, 6.07) is 9.25. The van der Waals surface area contributed by atoms with Gasteiger partial charge >= 0.3 is 0 Å². The Morgan fingerprint density at radius 1 is 1.16 bits per heavy atom. The summed E-state index contributed by atoms with van der Waals surface area (Å²) >= 11 is 3.01. The summed E-state index contributed by atoms with van der Waals surface area (Å²) in [6.07, 6.45) is 0. The van der Waals surface area contributed by atoms with Gasteiger partial charge in [-0.3, -0.25) is 0 Å². The SMILES string of the molecule is Cc1ccc(F)c(Nc2ccc(C#N)c(Br)c2F)c1. The predicted molar refractivity (Wildman–Crippen MR) is 73.2 cm³/mol. The third kappa shape index (κ3) is 2.74. The zero-order valence-corrected chi connectivity index (χ0v) is 11.6. The van der Waals surface area contributed by atoms with Crippen molar-refractivity contribution in [3.8, 4) is 6.07 Å². The molecule has 0 amide bonds. The number of nitrogens with zero attached hydrogens (tertiary/aromatic N) is 1. The zero-order chi connectivity index (χ0) is 14.0. The Kier molecular flexibility index (Phi) is 3.82. The molecule has 0 fully saturated rings. The van der Waals surface area contributed by atoms with Crippen LogP contribution in [0.5, 0.6) is 0 Å². The predicted octanol–water partition coefficient (Wildman–Crippen LogP) is 4.65. The highest BCUT2D eigenvalue weighted by Gasteiger charge is 2.12. The maximum atomic E-state index is 14.0. The van der Waals surface area contributed by atoms with Crippen LogP contribution in [-0.2, 0) is 0 Å². The van der Waals surface area contributed by atoms with Gasteiger partial charge in [-0.25, -0.2) is 8.78 Å². The lowest BCUT2D eigenvalue weighted by Crippen LogP contribution is -1.98. The van der Waals surface area contributed by atoms with Crippen LogP contribution in [-0.4, -0.2) is 0 Å². The summed E-state index contributed by atoms with van der Waals surface area (Å²) in [5, 5.41) is 11.5. The number of anilines is 2. The summed E-state index contributed by atoms with van der Waals surface area (Å²) < 4.78 is 27.6. The number of aryl methyl sites for hydroxylation is 1. The molecule has 0 radical (unpaired) electrons. The molecule has 0 atom stereocenters. The Morgan fingerprint density at radius 3 is 2.58 bits per heavy atom. The molecular formula is C14H9BrF2N2. The first kappa shape index (κ1) is 13.5. The Labute approximate surface area is 117 Å². The highest BCUT2D eigenvalue weighted by molar-refractivity contribution is 9.10. The molecular weight excluding hydrogens is 314 g/mol. The molecule has 0 saturated heterocycles. The van der Waals surface area contributed by atoms with Crippen LogP contribution in [0.25, 0.3) is 0 Å². The van der Waals surface area contributed by atoms with Crippen LogP contribution in [0.4, 0.5) is 20.2 Å². The quantitative estimate of drug-likeness (QED) is 0.873. The summed E-state index contributed by atoms with van der Waals surface area (Å²) in [7, 11) is 0. The Balaban J connectivity index is 2.42. The van der Waals surface area contributed by atoms with E-state index in [4.69, 9.17) is 5.26 Å². The van der Waals surface area contributed by atoms with Gasteiger partial charge in [0.1, 0.15) is 11.9 Å². The molecule has 19 heavy (non-hydrogen) atoms. The lowest BCUT2D eigenvalue weighted by molar-refractivity contribution is 0.621. The molecule has 0 aliphatic heterocycles. The van der Waals surface area contributed by atoms with Crippen molar-refractivity contribution < 1.29 is 8.78 Å². The molecule has 0 saturated carbocycles. The maximum Gasteiger partial charge on any atom is 0.162 e. The minimum absolute atomic E-state index is 0.0630. The third-order valence-electron chi connectivity index (χ3n) is 2.59. The normalized spacial score (nSPS) is 10.1. The summed E-state index contributed by atoms with van der Waals surface area (Å²) in [6.45, 7) is 1.82. The van der Waals surface area contributed by atoms with Gasteiger partial charge in [0, 0.05) is 0 Å². The van der Waals surface area contributed by atoms with E-state index in [0.717, 1.165) is 5.56 Å². The number of halogens is 3. The summed E-state index contributed by atoms with van der Waals surface area (Å²) in [5.74, 6) is -1.09. The Morgan fingerprint density at radius 2 is 1.89 bits per heavy atom. The van der Waals surface area contributed by atoms with E-state index < -0.39 is 11.6 Å². The average Bonchev–Trinajstić information content (AvgIpc) is 2.39. The van der Waals surface area contributed by atoms with Gasteiger partial charge in [0.25, 0.3) is 0 Å². The fourth-order valence-electron chi connectivity index (χ4n) is 1.61. The molecule has 2 aromatic carbocycles. The van der Waals surface area contributed by atoms with Gasteiger partial charge < -0.3 is 5.32 Å². The second-order valence-corrected chi connectivity index (χ2v) is 4.80. The van der Waals surface area contributed by atoms with Crippen molar-refractivity contribution >= 4 is 27.3 Å². The van der Waals surface area contributed by atoms with E-state index in [-0.39, 0.29) is 21.4 Å². The number of nitrogens with one attached hydrogen (secondary N) is 1. The van der Waals surface area contributed by atoms with Gasteiger partial charge in [0.05, 0.1) is 21.4 Å². The lowest BCUT2D eigenvalue weighted by atomic mass is 10.2. The number of hydrogen-bond donors (Lipinski definition) is 1. The second-order valence-electron chi connectivity index (χ2n) is 4.01. The molecule has 5 heteroatoms. The van der Waals surface area contributed by atoms with Crippen molar-refractivity contribution in [3.63, 3.8) is 0 Å². The number of benzene rings is 2. The zero-order valence-electron chi connectivity index (χ0n) is 9.97. The van der Waals surface area contributed by atoms with E-state index in [2.05, 4.69) is 21.2 Å². The molecule has 2 rings (SSSR count). The summed E-state index contributed by atoms with van der Waals surface area (Å²) in [4.78, 5) is 0. The van der Waals surface area contributed by atoms with Crippen molar-refractivity contribution in [2.24, 2.45) is 0 Å². The van der Waals surface area contributed by atoms with Crippen LogP contribution in [0.2, 0.25) is 0 Å². The van der Waals surface area contributed by atoms with Gasteiger partial charge in [0.15, 0.2) is 5.82 Å². The highest BCUT2D eigenvalue weighted by atomic mass is 79.9. The number of hydrogen-bond acceptors (Lipinski definition) is 2. The number of rotatable bonds is 2. The van der Waals surface area contributed by atoms with E-state index in [0.29, 0.717) is 0 Å². The molecule has 2 aromatic rings. The third-order valence-corrected chi connectivity index (χ3v) is 3.37. The van der Waals surface area contributed by atoms with Crippen LogP contribution in [0.15, 0.2) is 34.8 Å². The smallest absolute Gasteiger partial charge is 0.162 e. The largest absolute Gasteiger partial charge is 0.351 e. The Bertz CT molecular complexity index is 678. The fourth-order valence-corrected chi connectivity index (χ4v) is 2.05. The first-order valence-electron chi connectivity index (χ1n) is 5.44. The van der Waals surface area contributed by atoms with Crippen molar-refractivity contribution in [3.05, 3.63) is 57.6 Å². The molecule has 0 heterocycles. The van der Waals surface area contributed by atoms with E-state index in [1.54, 1.807) is 12.1 Å². The standard InChI is InChI=1S/C14H9BrF2N2/c1-8-2-4-10(16)12(6-8)19-11-5-3-9(7-18)13(15)14(11)17/h2-6,19H,1H3. The average molecular weight is 323 g/mol. The number of nitriles is 1. The van der Waals surface area contributed by atoms with Crippen LogP contribution in [0.3, 0.4) is 0 Å². The first-order chi connectivity index (χ1) is 9.02. The van der Waals surface area contributed by atoms with E-state index in [1.807, 2.05) is 13.0 Å². The fraction of sp³-hybridized carbons (Fsp3) is 0.0714. The van der Waals surface area contributed by atoms with Crippen LogP contribution in [0.1, 0.15) is 11.1 Å². The second kappa shape index (κ2) is 5.37. The molecule has 96 valence electrons. The van der Waals surface area contributed by atoms with Gasteiger partial charge in [-0.15, -0.1) is 0 Å². The molecule has 1 N–H and O–H groups in total. The van der Waals surface area contributed by atoms with E-state index in [9.17, 15) is 8.78 Å². The Hall–Kier alpha value is -1.93. The molecule has 0 spiro atoms. The van der Waals surface area contributed by atoms with Crippen LogP contribution in [0, 0.1) is 29.9 Å². The van der Waals surface area contributed by atoms with Crippen molar-refractivity contribution in [2.75, 3.05) is 5.32 Å². The summed E-state index contributed by atoms with van der Waals surface area (Å²) in [5.41, 5.74) is 1.34. The van der Waals surface area contributed by atoms with Crippen LogP contribution < -0.4 is 5.32 Å². The van der Waals surface area contributed by atoms with Crippen molar-refractivity contribution in [1.82, 2.24) is 0 Å². The van der Waals surface area contributed by atoms with Gasteiger partial charge in [-0.2, -0.15) is 5.26 Å². The molecule has 2 nitrogen and oxygen atoms in total. The molecule has 0 bridgehead atoms. The molecule has 0 aromatic heterocycles. The topological polar surface area (TPSA) is 35.8 Å². The van der Waals surface area contributed by atoms with Gasteiger partial charge in [0.2, 0.25) is 0 Å². The highest BCUT2D eigenvalue weighted by Crippen LogP contribution is 2.29. The molecule has 0 unspecified atom stereocenters. The lowest BCUT2D eigenvalue weighted by Gasteiger charge is -2.10. The first-order valence-corrected chi connectivity index (χ1v) is 6.23. The van der Waals surface area contributed by atoms with Gasteiger partial charge in [-0.1, -0.05) is 6.07 Å². The van der Waals surface area contributed by atoms with Crippen molar-refractivity contribution in [1.29, 1.82) is 5.26 Å². The monoisotopic (exact) mass is 322 g/mol. The maximum absolute atomic E-state index is 14.0. The molecule has 0 aliphatic rings. The minimum Gasteiger partial charge on any atom is -0.351 e. The van der Waals surface area contributed by atoms with E-state index >= 15 is 0 Å². The van der Waals surface area contributed by atoms with E-state index in [1.165, 1.54) is 18.2 Å². The minimum atomic E-state index is -0.625.